The SMILES string of the molecule is COc1ccc(OC)c2c(OC)c(CNc3ncc(C)s3)cc(OC)c12. The second-order valence-electron chi connectivity index (χ2n) is 5.62. The average Bonchev–Trinajstić information content (AvgIpc) is 3.09. The van der Waals surface area contributed by atoms with Crippen molar-refractivity contribution < 1.29 is 18.9 Å². The van der Waals surface area contributed by atoms with E-state index in [2.05, 4.69) is 10.3 Å². The fraction of sp³-hybridized carbons (Fsp3) is 0.316. The number of aryl methyl sites for hydroxylation is 1. The van der Waals surface area contributed by atoms with E-state index in [4.69, 9.17) is 18.9 Å². The summed E-state index contributed by atoms with van der Waals surface area (Å²) < 4.78 is 22.5. The molecule has 0 aliphatic heterocycles. The Balaban J connectivity index is 2.16. The maximum Gasteiger partial charge on any atom is 0.183 e. The van der Waals surface area contributed by atoms with E-state index >= 15 is 0 Å². The number of thiazole rings is 1. The summed E-state index contributed by atoms with van der Waals surface area (Å²) in [5.74, 6) is 2.81. The van der Waals surface area contributed by atoms with Crippen molar-refractivity contribution >= 4 is 27.2 Å². The maximum absolute atomic E-state index is 5.75. The van der Waals surface area contributed by atoms with Crippen molar-refractivity contribution in [2.45, 2.75) is 13.5 Å². The van der Waals surface area contributed by atoms with Crippen LogP contribution in [0.1, 0.15) is 10.4 Å². The fourth-order valence-electron chi connectivity index (χ4n) is 2.96. The lowest BCUT2D eigenvalue weighted by Crippen LogP contribution is -2.04. The van der Waals surface area contributed by atoms with E-state index in [1.54, 1.807) is 39.8 Å². The van der Waals surface area contributed by atoms with Crippen molar-refractivity contribution in [1.82, 2.24) is 4.98 Å². The minimum atomic E-state index is 0.544. The summed E-state index contributed by atoms with van der Waals surface area (Å²) >= 11 is 1.61. The molecule has 1 N–H and O–H groups in total. The second-order valence-corrected chi connectivity index (χ2v) is 6.86. The number of fused-ring (bicyclic) bond motifs is 1. The predicted molar refractivity (Wildman–Crippen MR) is 104 cm³/mol. The molecule has 138 valence electrons. The number of aromatic nitrogens is 1. The molecule has 0 aliphatic rings. The van der Waals surface area contributed by atoms with Crippen molar-refractivity contribution in [3.63, 3.8) is 0 Å². The Morgan fingerprint density at radius 1 is 0.923 bits per heavy atom. The van der Waals surface area contributed by atoms with Crippen molar-refractivity contribution in [2.24, 2.45) is 0 Å². The van der Waals surface area contributed by atoms with Gasteiger partial charge in [-0.2, -0.15) is 0 Å². The van der Waals surface area contributed by atoms with Gasteiger partial charge in [-0.15, -0.1) is 11.3 Å². The highest BCUT2D eigenvalue weighted by atomic mass is 32.1. The summed E-state index contributed by atoms with van der Waals surface area (Å²) in [6.45, 7) is 2.57. The normalized spacial score (nSPS) is 10.7. The Morgan fingerprint density at radius 2 is 1.58 bits per heavy atom. The van der Waals surface area contributed by atoms with E-state index in [9.17, 15) is 0 Å². The monoisotopic (exact) mass is 374 g/mol. The third-order valence-electron chi connectivity index (χ3n) is 4.11. The van der Waals surface area contributed by atoms with Crippen LogP contribution in [-0.2, 0) is 6.54 Å². The van der Waals surface area contributed by atoms with Crippen LogP contribution in [0.4, 0.5) is 5.13 Å². The third kappa shape index (κ3) is 3.22. The smallest absolute Gasteiger partial charge is 0.183 e. The highest BCUT2D eigenvalue weighted by Gasteiger charge is 2.20. The van der Waals surface area contributed by atoms with Crippen molar-refractivity contribution in [1.29, 1.82) is 0 Å². The van der Waals surface area contributed by atoms with Gasteiger partial charge in [-0.3, -0.25) is 0 Å². The first-order chi connectivity index (χ1) is 12.6. The Kier molecular flexibility index (Phi) is 5.37. The van der Waals surface area contributed by atoms with Crippen LogP contribution in [0.3, 0.4) is 0 Å². The zero-order valence-corrected chi connectivity index (χ0v) is 16.3. The van der Waals surface area contributed by atoms with Gasteiger partial charge in [0.05, 0.1) is 39.2 Å². The number of benzene rings is 2. The molecule has 0 fully saturated rings. The number of nitrogens with one attached hydrogen (secondary N) is 1. The summed E-state index contributed by atoms with van der Waals surface area (Å²) in [5, 5.41) is 5.84. The highest BCUT2D eigenvalue weighted by Crippen LogP contribution is 2.46. The van der Waals surface area contributed by atoms with E-state index in [1.807, 2.05) is 31.3 Å². The molecule has 0 spiro atoms. The van der Waals surface area contributed by atoms with Crippen LogP contribution in [0.2, 0.25) is 0 Å². The number of methoxy groups -OCH3 is 4. The van der Waals surface area contributed by atoms with Gasteiger partial charge in [0.1, 0.15) is 23.0 Å². The summed E-state index contributed by atoms with van der Waals surface area (Å²) in [6, 6.07) is 5.68. The van der Waals surface area contributed by atoms with E-state index in [0.29, 0.717) is 23.8 Å². The Hall–Kier alpha value is -2.67. The lowest BCUT2D eigenvalue weighted by atomic mass is 10.0. The number of hydrogen-bond donors (Lipinski definition) is 1. The van der Waals surface area contributed by atoms with Gasteiger partial charge in [-0.05, 0) is 25.1 Å². The topological polar surface area (TPSA) is 61.8 Å². The number of hydrogen-bond acceptors (Lipinski definition) is 7. The van der Waals surface area contributed by atoms with Gasteiger partial charge >= 0.3 is 0 Å². The molecule has 0 aliphatic carbocycles. The summed E-state index contributed by atoms with van der Waals surface area (Å²) in [4.78, 5) is 5.50. The largest absolute Gasteiger partial charge is 0.496 e. The van der Waals surface area contributed by atoms with Gasteiger partial charge in [0.15, 0.2) is 5.13 Å². The second kappa shape index (κ2) is 7.70. The number of ether oxygens (including phenoxy) is 4. The van der Waals surface area contributed by atoms with Gasteiger partial charge in [0.2, 0.25) is 0 Å². The van der Waals surface area contributed by atoms with Gasteiger partial charge in [-0.1, -0.05) is 0 Å². The average molecular weight is 374 g/mol. The Bertz CT molecular complexity index is 924. The molecule has 0 amide bonds. The zero-order valence-electron chi connectivity index (χ0n) is 15.5. The van der Waals surface area contributed by atoms with Crippen LogP contribution in [-0.4, -0.2) is 33.4 Å². The van der Waals surface area contributed by atoms with Crippen molar-refractivity contribution in [3.8, 4) is 23.0 Å². The van der Waals surface area contributed by atoms with Crippen LogP contribution in [0.25, 0.3) is 10.8 Å². The van der Waals surface area contributed by atoms with Crippen LogP contribution in [0, 0.1) is 6.92 Å². The third-order valence-corrected chi connectivity index (χ3v) is 4.98. The molecule has 0 saturated carbocycles. The molecule has 1 heterocycles. The molecular weight excluding hydrogens is 352 g/mol. The fourth-order valence-corrected chi connectivity index (χ4v) is 3.62. The molecule has 0 unspecified atom stereocenters. The number of rotatable bonds is 7. The van der Waals surface area contributed by atoms with Crippen molar-refractivity contribution in [3.05, 3.63) is 34.8 Å². The molecule has 7 heteroatoms. The predicted octanol–water partition coefficient (Wildman–Crippen LogP) is 4.25. The van der Waals surface area contributed by atoms with Gasteiger partial charge in [-0.25, -0.2) is 4.98 Å². The van der Waals surface area contributed by atoms with Gasteiger partial charge < -0.3 is 24.3 Å². The zero-order chi connectivity index (χ0) is 18.7. The molecule has 3 aromatic rings. The van der Waals surface area contributed by atoms with E-state index in [-0.39, 0.29) is 0 Å². The minimum Gasteiger partial charge on any atom is -0.496 e. The van der Waals surface area contributed by atoms with E-state index in [0.717, 1.165) is 32.1 Å². The molecule has 1 aromatic heterocycles. The first-order valence-electron chi connectivity index (χ1n) is 8.07. The Labute approximate surface area is 156 Å². The first-order valence-corrected chi connectivity index (χ1v) is 8.89. The lowest BCUT2D eigenvalue weighted by molar-refractivity contribution is 0.390. The summed E-state index contributed by atoms with van der Waals surface area (Å²) in [5.41, 5.74) is 0.941. The summed E-state index contributed by atoms with van der Waals surface area (Å²) in [7, 11) is 6.56. The van der Waals surface area contributed by atoms with Crippen LogP contribution in [0.5, 0.6) is 23.0 Å². The van der Waals surface area contributed by atoms with Crippen LogP contribution < -0.4 is 24.3 Å². The molecule has 0 radical (unpaired) electrons. The number of nitrogens with zero attached hydrogens (tertiary/aromatic N) is 1. The van der Waals surface area contributed by atoms with Crippen LogP contribution >= 0.6 is 11.3 Å². The molecule has 0 saturated heterocycles. The maximum atomic E-state index is 5.75. The van der Waals surface area contributed by atoms with Crippen LogP contribution in [0.15, 0.2) is 24.4 Å². The minimum absolute atomic E-state index is 0.544. The van der Waals surface area contributed by atoms with E-state index in [1.165, 1.54) is 0 Å². The Morgan fingerprint density at radius 3 is 2.12 bits per heavy atom. The highest BCUT2D eigenvalue weighted by molar-refractivity contribution is 7.15. The molecule has 2 aromatic carbocycles. The molecule has 0 bridgehead atoms. The standard InChI is InChI=1S/C19H22N2O4S/c1-11-9-20-19(26-11)21-10-12-8-15(24-4)16-13(22-2)6-7-14(23-3)17(16)18(12)25-5/h6-9H,10H2,1-5H3,(H,20,21). The van der Waals surface area contributed by atoms with Gasteiger partial charge in [0, 0.05) is 23.2 Å². The number of anilines is 1. The van der Waals surface area contributed by atoms with Crippen molar-refractivity contribution in [2.75, 3.05) is 33.8 Å². The molecule has 3 rings (SSSR count). The quantitative estimate of drug-likeness (QED) is 0.667. The molecule has 6 nitrogen and oxygen atoms in total. The molecule has 0 atom stereocenters. The lowest BCUT2D eigenvalue weighted by Gasteiger charge is -2.19. The molecular formula is C19H22N2O4S. The summed E-state index contributed by atoms with van der Waals surface area (Å²) in [6.07, 6.45) is 1.85. The van der Waals surface area contributed by atoms with Gasteiger partial charge in [0.25, 0.3) is 0 Å². The first kappa shape index (κ1) is 18.1. The van der Waals surface area contributed by atoms with E-state index < -0.39 is 0 Å². The molecule has 26 heavy (non-hydrogen) atoms.